The summed E-state index contributed by atoms with van der Waals surface area (Å²) >= 11 is 1.42. The summed E-state index contributed by atoms with van der Waals surface area (Å²) in [6.45, 7) is 0.452. The molecular weight excluding hydrogens is 334 g/mol. The summed E-state index contributed by atoms with van der Waals surface area (Å²) in [5.41, 5.74) is 7.49. The predicted molar refractivity (Wildman–Crippen MR) is 101 cm³/mol. The smallest absolute Gasteiger partial charge is 0.255 e. The summed E-state index contributed by atoms with van der Waals surface area (Å²) in [7, 11) is 0. The van der Waals surface area contributed by atoms with Crippen LogP contribution in [0.3, 0.4) is 0 Å². The van der Waals surface area contributed by atoms with Crippen LogP contribution in [0.2, 0.25) is 0 Å². The van der Waals surface area contributed by atoms with E-state index in [2.05, 4.69) is 40.6 Å². The quantitative estimate of drug-likeness (QED) is 0.753. The Morgan fingerprint density at radius 3 is 2.88 bits per heavy atom. The highest BCUT2D eigenvalue weighted by Crippen LogP contribution is 2.28. The number of benzene rings is 2. The zero-order valence-electron chi connectivity index (χ0n) is 13.6. The topological polar surface area (TPSA) is 77.2 Å². The molecule has 0 aliphatic carbocycles. The molecule has 128 valence electrons. The Morgan fingerprint density at radius 1 is 1.24 bits per heavy atom. The van der Waals surface area contributed by atoms with Gasteiger partial charge in [0.05, 0.1) is 11.8 Å². The van der Waals surface area contributed by atoms with Crippen molar-refractivity contribution in [2.24, 2.45) is 5.73 Å². The molecule has 1 aromatic heterocycles. The number of hydrogen-bond acceptors (Lipinski definition) is 5. The number of carbonyl (C=O) groups excluding carboxylic acids is 1. The summed E-state index contributed by atoms with van der Waals surface area (Å²) in [5, 5.41) is 7.77. The van der Waals surface area contributed by atoms with Gasteiger partial charge in [-0.3, -0.25) is 10.1 Å². The summed E-state index contributed by atoms with van der Waals surface area (Å²) in [4.78, 5) is 16.8. The van der Waals surface area contributed by atoms with Gasteiger partial charge in [0, 0.05) is 17.5 Å². The van der Waals surface area contributed by atoms with Crippen LogP contribution >= 0.6 is 11.3 Å². The summed E-state index contributed by atoms with van der Waals surface area (Å²) in [6, 6.07) is 14.5. The molecular formula is C19H19N3O2S. The summed E-state index contributed by atoms with van der Waals surface area (Å²) in [6.07, 6.45) is 1.09. The standard InChI is InChI=1S/C19H19N3O2S/c20-10-15-7-8-17(24-15)18(23)22-19-21-16(11-25-19)14-6-5-12-3-1-2-4-13(12)9-14/h1-6,9,11,15,17H,7-8,10,20H2,(H,21,22,23)/t15-,17+/m1/s1. The van der Waals surface area contributed by atoms with Crippen molar-refractivity contribution < 1.29 is 9.53 Å². The normalized spacial score (nSPS) is 20.0. The monoisotopic (exact) mass is 353 g/mol. The lowest BCUT2D eigenvalue weighted by atomic mass is 10.1. The van der Waals surface area contributed by atoms with Crippen LogP contribution in [0.5, 0.6) is 0 Å². The minimum atomic E-state index is -0.429. The highest BCUT2D eigenvalue weighted by atomic mass is 32.1. The van der Waals surface area contributed by atoms with Crippen LogP contribution in [0.25, 0.3) is 22.0 Å². The maximum atomic E-state index is 12.3. The summed E-state index contributed by atoms with van der Waals surface area (Å²) < 4.78 is 5.62. The van der Waals surface area contributed by atoms with Gasteiger partial charge >= 0.3 is 0 Å². The Balaban J connectivity index is 1.48. The maximum absolute atomic E-state index is 12.3. The van der Waals surface area contributed by atoms with Gasteiger partial charge in [-0.1, -0.05) is 36.4 Å². The van der Waals surface area contributed by atoms with Gasteiger partial charge in [-0.05, 0) is 29.7 Å². The van der Waals surface area contributed by atoms with Crippen molar-refractivity contribution >= 4 is 33.1 Å². The van der Waals surface area contributed by atoms with Crippen LogP contribution in [0.1, 0.15) is 12.8 Å². The van der Waals surface area contributed by atoms with Crippen LogP contribution in [-0.2, 0) is 9.53 Å². The molecule has 1 aliphatic heterocycles. The predicted octanol–water partition coefficient (Wildman–Crippen LogP) is 3.41. The van der Waals surface area contributed by atoms with Gasteiger partial charge in [0.1, 0.15) is 6.10 Å². The molecule has 5 nitrogen and oxygen atoms in total. The van der Waals surface area contributed by atoms with E-state index < -0.39 is 6.10 Å². The number of rotatable bonds is 4. The molecule has 0 radical (unpaired) electrons. The SMILES string of the molecule is NC[C@H]1CC[C@@H](C(=O)Nc2nc(-c3ccc4ccccc4c3)cs2)O1. The van der Waals surface area contributed by atoms with Gasteiger partial charge in [0.2, 0.25) is 0 Å². The van der Waals surface area contributed by atoms with E-state index in [-0.39, 0.29) is 12.0 Å². The second-order valence-electron chi connectivity index (χ2n) is 6.15. The van der Waals surface area contributed by atoms with Gasteiger partial charge in [0.15, 0.2) is 5.13 Å². The van der Waals surface area contributed by atoms with E-state index in [1.165, 1.54) is 22.1 Å². The number of aromatic nitrogens is 1. The fraction of sp³-hybridized carbons (Fsp3) is 0.263. The van der Waals surface area contributed by atoms with Crippen molar-refractivity contribution in [1.29, 1.82) is 0 Å². The third-order valence-corrected chi connectivity index (χ3v) is 5.20. The van der Waals surface area contributed by atoms with Crippen molar-refractivity contribution in [3.05, 3.63) is 47.8 Å². The zero-order chi connectivity index (χ0) is 17.2. The Bertz CT molecular complexity index is 908. The van der Waals surface area contributed by atoms with E-state index in [4.69, 9.17) is 10.5 Å². The lowest BCUT2D eigenvalue weighted by Crippen LogP contribution is -2.29. The third kappa shape index (κ3) is 3.42. The van der Waals surface area contributed by atoms with Gasteiger partial charge in [-0.15, -0.1) is 11.3 Å². The molecule has 25 heavy (non-hydrogen) atoms. The molecule has 3 aromatic rings. The number of nitrogens with two attached hydrogens (primary N) is 1. The number of hydrogen-bond donors (Lipinski definition) is 2. The summed E-state index contributed by atoms with van der Waals surface area (Å²) in [5.74, 6) is -0.143. The van der Waals surface area contributed by atoms with E-state index in [9.17, 15) is 4.79 Å². The van der Waals surface area contributed by atoms with Gasteiger partial charge in [-0.2, -0.15) is 0 Å². The zero-order valence-corrected chi connectivity index (χ0v) is 14.5. The van der Waals surface area contributed by atoms with Crippen LogP contribution in [-0.4, -0.2) is 29.6 Å². The Hall–Kier alpha value is -2.28. The molecule has 1 fully saturated rings. The number of anilines is 1. The molecule has 2 heterocycles. The third-order valence-electron chi connectivity index (χ3n) is 4.44. The van der Waals surface area contributed by atoms with Gasteiger partial charge in [0.25, 0.3) is 5.91 Å². The molecule has 0 saturated carbocycles. The van der Waals surface area contributed by atoms with Crippen molar-refractivity contribution in [1.82, 2.24) is 4.98 Å². The molecule has 1 amide bonds. The molecule has 0 unspecified atom stereocenters. The average molecular weight is 353 g/mol. The Morgan fingerprint density at radius 2 is 2.08 bits per heavy atom. The lowest BCUT2D eigenvalue weighted by Gasteiger charge is -2.11. The second-order valence-corrected chi connectivity index (χ2v) is 7.01. The molecule has 0 spiro atoms. The van der Waals surface area contributed by atoms with E-state index in [0.717, 1.165) is 17.7 Å². The highest BCUT2D eigenvalue weighted by Gasteiger charge is 2.30. The molecule has 2 aromatic carbocycles. The number of carbonyl (C=O) groups is 1. The lowest BCUT2D eigenvalue weighted by molar-refractivity contribution is -0.126. The van der Waals surface area contributed by atoms with E-state index in [1.807, 2.05) is 17.5 Å². The number of nitrogens with one attached hydrogen (secondary N) is 1. The number of thiazole rings is 1. The largest absolute Gasteiger partial charge is 0.364 e. The Kier molecular flexibility index (Phi) is 4.48. The first-order chi connectivity index (χ1) is 12.2. The number of amides is 1. The van der Waals surface area contributed by atoms with Crippen molar-refractivity contribution in [2.45, 2.75) is 25.0 Å². The first kappa shape index (κ1) is 16.2. The second kappa shape index (κ2) is 6.92. The first-order valence-corrected chi connectivity index (χ1v) is 9.22. The maximum Gasteiger partial charge on any atom is 0.255 e. The van der Waals surface area contributed by atoms with Gasteiger partial charge in [-0.25, -0.2) is 4.98 Å². The molecule has 2 atom stereocenters. The van der Waals surface area contributed by atoms with Crippen LogP contribution in [0.15, 0.2) is 47.8 Å². The molecule has 1 aliphatic rings. The minimum absolute atomic E-state index is 0.0137. The fourth-order valence-electron chi connectivity index (χ4n) is 3.07. The number of fused-ring (bicyclic) bond motifs is 1. The van der Waals surface area contributed by atoms with Gasteiger partial charge < -0.3 is 10.5 Å². The van der Waals surface area contributed by atoms with Crippen LogP contribution < -0.4 is 11.1 Å². The first-order valence-electron chi connectivity index (χ1n) is 8.34. The molecule has 4 rings (SSSR count). The van der Waals surface area contributed by atoms with Crippen molar-refractivity contribution in [3.8, 4) is 11.3 Å². The number of ether oxygens (including phenoxy) is 1. The Labute approximate surface area is 149 Å². The molecule has 0 bridgehead atoms. The fourth-order valence-corrected chi connectivity index (χ4v) is 3.79. The van der Waals surface area contributed by atoms with Crippen LogP contribution in [0.4, 0.5) is 5.13 Å². The average Bonchev–Trinajstić information content (AvgIpc) is 3.30. The number of nitrogens with zero attached hydrogens (tertiary/aromatic N) is 1. The molecule has 1 saturated heterocycles. The molecule has 6 heteroatoms. The van der Waals surface area contributed by atoms with E-state index in [1.54, 1.807) is 0 Å². The van der Waals surface area contributed by atoms with Crippen molar-refractivity contribution in [2.75, 3.05) is 11.9 Å². The van der Waals surface area contributed by atoms with Crippen LogP contribution in [0, 0.1) is 0 Å². The molecule has 3 N–H and O–H groups in total. The van der Waals surface area contributed by atoms with Crippen molar-refractivity contribution in [3.63, 3.8) is 0 Å². The van der Waals surface area contributed by atoms with E-state index >= 15 is 0 Å². The highest BCUT2D eigenvalue weighted by molar-refractivity contribution is 7.14. The minimum Gasteiger partial charge on any atom is -0.364 e. The van der Waals surface area contributed by atoms with E-state index in [0.29, 0.717) is 18.1 Å².